The average molecular weight is 1530 g/mol. The molecule has 11 amide bonds. The van der Waals surface area contributed by atoms with Crippen molar-refractivity contribution in [2.75, 3.05) is 20.3 Å². The number of benzene rings is 4. The topological polar surface area (TPSA) is 520 Å². The first-order chi connectivity index (χ1) is 52.0. The minimum Gasteiger partial charge on any atom is -0.497 e. The predicted molar refractivity (Wildman–Crippen MR) is 395 cm³/mol. The number of aliphatic carboxylic acids is 2. The number of aryl methyl sites for hydroxylation is 2. The van der Waals surface area contributed by atoms with Crippen LogP contribution in [-0.2, 0) is 94.4 Å². The Morgan fingerprint density at radius 1 is 0.600 bits per heavy atom. The fourth-order valence-electron chi connectivity index (χ4n) is 11.6. The molecule has 590 valence electrons. The number of carboxylic acids is 2. The first-order valence-corrected chi connectivity index (χ1v) is 35.2. The summed E-state index contributed by atoms with van der Waals surface area (Å²) in [5.74, 6) is -16.5. The SMILES string of the molecule is CCc1cc(OC)ccc1-c1ccc(C[C@H](NC(=O)[C@H](CC(=O)O)NC(=O)[C@H](CO)NC(=O)[C@@H](NC(=O)[C@@](C)(Cc2ccccc2F)NC(=O)[C@@H](NC(=O)CNC(=O)[C@H](CCC(=O)O)NC(=O)C(C)(C)NC(=O)[C@@H](C)Cc2c[nH]cn2)[C@@H](C)O)[C@@H](C)O)C(=O)N[C@@H](Cc2ccc(-c3ccccc3C)nc2)C(N)=O)cc1. The molecule has 6 rings (SSSR count). The van der Waals surface area contributed by atoms with Crippen molar-refractivity contribution < 1.29 is 97.0 Å². The largest absolute Gasteiger partial charge is 0.497 e. The van der Waals surface area contributed by atoms with E-state index in [9.17, 15) is 87.9 Å². The molecule has 0 fully saturated rings. The number of aromatic amines is 1. The number of H-pyrrole nitrogens is 1. The van der Waals surface area contributed by atoms with Gasteiger partial charge in [-0.05, 0) is 118 Å². The standard InChI is InChI=1S/C76H95FN14O19/c1-10-46-32-50(110-9)24-25-52(46)47-22-19-44(20-23-47)30-57(68(103)83-56(65(78)100)31-45-21-26-54(80-35-45)51-17-13-11-15-40(51)2)84-69(104)58(33-62(98)99)85-70(105)59(38-92)86-71(106)63(42(4)93)89-74(109)76(8,34-48-16-12-14-18-53(48)77)91-72(107)64(43(5)94)88-60(95)37-81-67(102)55(27-28-61(96)97)87-73(108)75(6,7)90-66(101)41(3)29-49-36-79-39-82-49/h11-26,32,35-36,39,41-43,55-59,63-64,92-94H,10,27-31,33-34,37-38H2,1-9H3,(H2,78,100)(H,79,82)(H,81,102)(H,83,103)(H,84,104)(H,85,105)(H,86,106)(H,87,108)(H,88,95)(H,89,109)(H,90,101)(H,91,107)(H,96,97)(H,98,99)/t41-,42+,43+,55-,56-,57-,58-,59-,63-,64-,76+/m0/s1. The molecule has 0 saturated heterocycles. The van der Waals surface area contributed by atoms with Gasteiger partial charge in [0.15, 0.2) is 0 Å². The second-order valence-electron chi connectivity index (χ2n) is 27.3. The number of carbonyl (C=O) groups is 13. The van der Waals surface area contributed by atoms with Crippen molar-refractivity contribution in [3.8, 4) is 28.1 Å². The Kier molecular flexibility index (Phi) is 31.8. The van der Waals surface area contributed by atoms with E-state index in [2.05, 4.69) is 68.1 Å². The number of aliphatic hydroxyl groups excluding tert-OH is 3. The van der Waals surface area contributed by atoms with Crippen LogP contribution in [0.25, 0.3) is 22.4 Å². The lowest BCUT2D eigenvalue weighted by Gasteiger charge is -2.34. The number of nitrogens with two attached hydrogens (primary N) is 1. The van der Waals surface area contributed by atoms with E-state index in [0.29, 0.717) is 34.7 Å². The van der Waals surface area contributed by atoms with E-state index in [0.717, 1.165) is 54.7 Å². The number of carboxylic acid groups (broad SMARTS) is 2. The quantitative estimate of drug-likeness (QED) is 0.0239. The number of aromatic nitrogens is 3. The highest BCUT2D eigenvalue weighted by molar-refractivity contribution is 6.01. The van der Waals surface area contributed by atoms with Crippen LogP contribution in [0.15, 0.2) is 122 Å². The molecule has 0 bridgehead atoms. The monoisotopic (exact) mass is 1530 g/mol. The lowest BCUT2D eigenvalue weighted by molar-refractivity contribution is -0.142. The number of nitrogens with one attached hydrogen (secondary N) is 11. The summed E-state index contributed by atoms with van der Waals surface area (Å²) in [7, 11) is 1.54. The summed E-state index contributed by atoms with van der Waals surface area (Å²) >= 11 is 0. The highest BCUT2D eigenvalue weighted by Gasteiger charge is 2.43. The van der Waals surface area contributed by atoms with Crippen LogP contribution in [0.2, 0.25) is 0 Å². The van der Waals surface area contributed by atoms with Crippen LogP contribution < -0.4 is 63.6 Å². The van der Waals surface area contributed by atoms with Gasteiger partial charge in [-0.2, -0.15) is 0 Å². The first kappa shape index (κ1) is 86.9. The van der Waals surface area contributed by atoms with Crippen LogP contribution in [0.4, 0.5) is 4.39 Å². The summed E-state index contributed by atoms with van der Waals surface area (Å²) in [6.07, 6.45) is -1.92. The van der Waals surface area contributed by atoms with Crippen LogP contribution in [0.1, 0.15) is 101 Å². The molecule has 18 N–H and O–H groups in total. The Morgan fingerprint density at radius 2 is 1.21 bits per heavy atom. The van der Waals surface area contributed by atoms with Gasteiger partial charge < -0.3 is 94.2 Å². The minimum absolute atomic E-state index is 0.166. The van der Waals surface area contributed by atoms with Gasteiger partial charge in [0.05, 0.1) is 56.6 Å². The lowest BCUT2D eigenvalue weighted by Crippen LogP contribution is -2.67. The number of nitrogens with zero attached hydrogens (tertiary/aromatic N) is 2. The van der Waals surface area contributed by atoms with E-state index in [1.165, 1.54) is 44.6 Å². The Balaban J connectivity index is 1.17. The molecule has 0 saturated carbocycles. The maximum absolute atomic E-state index is 15.5. The third-order valence-electron chi connectivity index (χ3n) is 18.0. The number of ether oxygens (including phenoxy) is 1. The minimum atomic E-state index is -2.43. The molecule has 11 atom stereocenters. The predicted octanol–water partition coefficient (Wildman–Crippen LogP) is -0.0779. The van der Waals surface area contributed by atoms with E-state index in [-0.39, 0.29) is 24.8 Å². The zero-order valence-corrected chi connectivity index (χ0v) is 62.2. The molecule has 0 unspecified atom stereocenters. The van der Waals surface area contributed by atoms with Gasteiger partial charge in [-0.3, -0.25) is 67.3 Å². The number of amides is 11. The van der Waals surface area contributed by atoms with Crippen LogP contribution in [0.5, 0.6) is 5.75 Å². The number of halogens is 1. The van der Waals surface area contributed by atoms with Crippen molar-refractivity contribution in [1.82, 2.24) is 68.1 Å². The van der Waals surface area contributed by atoms with Crippen molar-refractivity contribution in [2.45, 2.75) is 172 Å². The molecule has 110 heavy (non-hydrogen) atoms. The summed E-state index contributed by atoms with van der Waals surface area (Å²) in [6, 6.07) is 15.3. The molecule has 2 heterocycles. The Hall–Kier alpha value is -12.0. The Morgan fingerprint density at radius 3 is 1.80 bits per heavy atom. The number of hydrogen-bond acceptors (Lipinski definition) is 19. The van der Waals surface area contributed by atoms with E-state index in [1.807, 2.05) is 50.2 Å². The summed E-state index contributed by atoms with van der Waals surface area (Å²) < 4.78 is 20.9. The molecule has 0 spiro atoms. The zero-order chi connectivity index (χ0) is 81.3. The lowest BCUT2D eigenvalue weighted by atomic mass is 9.90. The van der Waals surface area contributed by atoms with E-state index < -0.39 is 193 Å². The highest BCUT2D eigenvalue weighted by Crippen LogP contribution is 2.29. The molecule has 4 aromatic carbocycles. The Labute approximate surface area is 633 Å². The highest BCUT2D eigenvalue weighted by atomic mass is 19.1. The van der Waals surface area contributed by atoms with Crippen molar-refractivity contribution in [1.29, 1.82) is 0 Å². The number of rotatable bonds is 41. The van der Waals surface area contributed by atoms with Crippen LogP contribution in [0.3, 0.4) is 0 Å². The number of primary amides is 1. The second kappa shape index (κ2) is 40.2. The van der Waals surface area contributed by atoms with Crippen molar-refractivity contribution in [3.63, 3.8) is 0 Å². The van der Waals surface area contributed by atoms with Crippen molar-refractivity contribution in [3.05, 3.63) is 161 Å². The van der Waals surface area contributed by atoms with Crippen molar-refractivity contribution in [2.24, 2.45) is 11.7 Å². The summed E-state index contributed by atoms with van der Waals surface area (Å²) in [4.78, 5) is 189. The van der Waals surface area contributed by atoms with Gasteiger partial charge in [-0.25, -0.2) is 9.37 Å². The normalized spacial score (nSPS) is 14.5. The molecular formula is C76H95FN14O19. The van der Waals surface area contributed by atoms with Gasteiger partial charge in [-0.1, -0.05) is 92.7 Å². The maximum Gasteiger partial charge on any atom is 0.305 e. The fourth-order valence-corrected chi connectivity index (χ4v) is 11.6. The van der Waals surface area contributed by atoms with Gasteiger partial charge >= 0.3 is 11.9 Å². The third kappa shape index (κ3) is 25.3. The van der Waals surface area contributed by atoms with Gasteiger partial charge in [0.2, 0.25) is 65.0 Å². The van der Waals surface area contributed by atoms with Gasteiger partial charge in [0.1, 0.15) is 64.9 Å². The van der Waals surface area contributed by atoms with Crippen LogP contribution in [0, 0.1) is 18.7 Å². The molecular weight excluding hydrogens is 1430 g/mol. The van der Waals surface area contributed by atoms with Crippen LogP contribution in [-0.4, -0.2) is 203 Å². The number of pyridine rings is 1. The molecule has 0 aliphatic carbocycles. The number of aliphatic hydroxyl groups is 3. The smallest absolute Gasteiger partial charge is 0.305 e. The van der Waals surface area contributed by atoms with E-state index in [1.54, 1.807) is 62.7 Å². The molecule has 0 aliphatic rings. The maximum atomic E-state index is 15.5. The number of carbonyl (C=O) groups excluding carboxylic acids is 11. The van der Waals surface area contributed by atoms with Crippen LogP contribution >= 0.6 is 0 Å². The molecule has 0 aliphatic heterocycles. The molecule has 6 aromatic rings. The van der Waals surface area contributed by atoms with Gasteiger partial charge in [0.25, 0.3) is 0 Å². The third-order valence-corrected chi connectivity index (χ3v) is 18.0. The number of methoxy groups -OCH3 is 1. The zero-order valence-electron chi connectivity index (χ0n) is 62.2. The number of imidazole rings is 1. The summed E-state index contributed by atoms with van der Waals surface area (Å²) in [6.45, 7) is 8.96. The van der Waals surface area contributed by atoms with E-state index >= 15 is 4.39 Å². The average Bonchev–Trinajstić information content (AvgIpc) is 1.10. The molecule has 33 nitrogen and oxygen atoms in total. The van der Waals surface area contributed by atoms with Gasteiger partial charge in [-0.15, -0.1) is 0 Å². The summed E-state index contributed by atoms with van der Waals surface area (Å²) in [5.41, 5.74) is 8.08. The van der Waals surface area contributed by atoms with Gasteiger partial charge in [0, 0.05) is 56.0 Å². The Bertz CT molecular complexity index is 4270. The molecule has 2 aromatic heterocycles. The van der Waals surface area contributed by atoms with E-state index in [4.69, 9.17) is 10.5 Å². The molecule has 0 radical (unpaired) electrons. The summed E-state index contributed by atoms with van der Waals surface area (Å²) in [5, 5.41) is 75.4. The first-order valence-electron chi connectivity index (χ1n) is 35.2. The second-order valence-corrected chi connectivity index (χ2v) is 27.3. The van der Waals surface area contributed by atoms with Crippen molar-refractivity contribution >= 4 is 76.9 Å². The number of hydrogen-bond donors (Lipinski definition) is 17. The fraction of sp³-hybridized carbons (Fsp3) is 0.408. The molecule has 34 heteroatoms.